The molecule has 6 nitrogen and oxygen atoms in total. The summed E-state index contributed by atoms with van der Waals surface area (Å²) in [5.74, 6) is 5.71. The van der Waals surface area contributed by atoms with Gasteiger partial charge in [0.2, 0.25) is 0 Å². The molecule has 3 N–H and O–H groups in total. The van der Waals surface area contributed by atoms with Gasteiger partial charge in [0, 0.05) is 19.0 Å². The van der Waals surface area contributed by atoms with E-state index in [1.54, 1.807) is 24.2 Å². The first-order valence-corrected chi connectivity index (χ1v) is 6.64. The van der Waals surface area contributed by atoms with Crippen molar-refractivity contribution in [2.24, 2.45) is 5.84 Å². The molecule has 2 rings (SSSR count). The van der Waals surface area contributed by atoms with Crippen LogP contribution in [0.1, 0.15) is 23.0 Å². The summed E-state index contributed by atoms with van der Waals surface area (Å²) in [5, 5.41) is 4.83. The first kappa shape index (κ1) is 14.9. The number of nitrogens with one attached hydrogen (secondary N) is 1. The van der Waals surface area contributed by atoms with E-state index < -0.39 is 0 Å². The Kier molecular flexibility index (Phi) is 5.08. The lowest BCUT2D eigenvalue weighted by Crippen LogP contribution is -2.31. The molecule has 0 aliphatic heterocycles. The zero-order valence-corrected chi connectivity index (χ0v) is 12.3. The van der Waals surface area contributed by atoms with E-state index in [9.17, 15) is 0 Å². The van der Waals surface area contributed by atoms with Gasteiger partial charge in [0.25, 0.3) is 0 Å². The summed E-state index contributed by atoms with van der Waals surface area (Å²) in [6.07, 6.45) is 3.36. The van der Waals surface area contributed by atoms with Crippen molar-refractivity contribution in [3.8, 4) is 0 Å². The first-order valence-electron chi connectivity index (χ1n) is 6.26. The predicted molar refractivity (Wildman–Crippen MR) is 77.3 cm³/mol. The largest absolute Gasteiger partial charge is 0.383 e. The molecule has 0 aliphatic rings. The van der Waals surface area contributed by atoms with Gasteiger partial charge in [-0.2, -0.15) is 5.10 Å². The molecular formula is C13H18ClN5O. The summed E-state index contributed by atoms with van der Waals surface area (Å²) in [6, 6.07) is 3.62. The first-order chi connectivity index (χ1) is 9.67. The highest BCUT2D eigenvalue weighted by Crippen LogP contribution is 2.27. The summed E-state index contributed by atoms with van der Waals surface area (Å²) in [4.78, 5) is 4.19. The lowest BCUT2D eigenvalue weighted by Gasteiger charge is -2.19. The van der Waals surface area contributed by atoms with Crippen molar-refractivity contribution in [2.45, 2.75) is 19.5 Å². The van der Waals surface area contributed by atoms with Crippen molar-refractivity contribution < 1.29 is 4.74 Å². The molecule has 0 aliphatic carbocycles. The van der Waals surface area contributed by atoms with Gasteiger partial charge in [0.1, 0.15) is 0 Å². The van der Waals surface area contributed by atoms with Gasteiger partial charge in [-0.1, -0.05) is 11.6 Å². The van der Waals surface area contributed by atoms with Gasteiger partial charge >= 0.3 is 0 Å². The molecule has 1 atom stereocenters. The number of ether oxygens (including phenoxy) is 1. The Hall–Kier alpha value is -1.47. The molecule has 20 heavy (non-hydrogen) atoms. The monoisotopic (exact) mass is 295 g/mol. The Morgan fingerprint density at radius 3 is 3.00 bits per heavy atom. The molecule has 7 heteroatoms. The van der Waals surface area contributed by atoms with Crippen LogP contribution in [0.2, 0.25) is 5.02 Å². The summed E-state index contributed by atoms with van der Waals surface area (Å²) in [5.41, 5.74) is 5.51. The molecule has 0 saturated heterocycles. The number of aryl methyl sites for hydroxylation is 1. The van der Waals surface area contributed by atoms with Crippen LogP contribution in [-0.4, -0.2) is 28.5 Å². The van der Waals surface area contributed by atoms with Crippen LogP contribution in [0, 0.1) is 6.92 Å². The molecule has 2 aromatic rings. The third-order valence-corrected chi connectivity index (χ3v) is 3.33. The molecule has 0 bridgehead atoms. The minimum absolute atomic E-state index is 0.247. The third kappa shape index (κ3) is 3.16. The average molecular weight is 296 g/mol. The number of nitrogens with zero attached hydrogens (tertiary/aromatic N) is 3. The number of nitrogens with two attached hydrogens (primary N) is 1. The van der Waals surface area contributed by atoms with Crippen LogP contribution >= 0.6 is 11.6 Å². The smallest absolute Gasteiger partial charge is 0.0894 e. The molecule has 108 valence electrons. The minimum Gasteiger partial charge on any atom is -0.383 e. The standard InChI is InChI=1S/C13H18ClN5O/c1-9-7-10(3-4-16-9)12(18-15)13-11(14)8-17-19(13)5-6-20-2/h3-4,7-8,12,18H,5-6,15H2,1-2H3. The van der Waals surface area contributed by atoms with E-state index in [0.717, 1.165) is 17.0 Å². The van der Waals surface area contributed by atoms with Crippen molar-refractivity contribution in [3.05, 3.63) is 46.5 Å². The Labute approximate surface area is 122 Å². The number of hydrogen-bond acceptors (Lipinski definition) is 5. The minimum atomic E-state index is -0.247. The van der Waals surface area contributed by atoms with Crippen LogP contribution in [0.3, 0.4) is 0 Å². The zero-order valence-electron chi connectivity index (χ0n) is 11.5. The lowest BCUT2D eigenvalue weighted by molar-refractivity contribution is 0.182. The molecule has 0 radical (unpaired) electrons. The highest BCUT2D eigenvalue weighted by atomic mass is 35.5. The fourth-order valence-corrected chi connectivity index (χ4v) is 2.35. The maximum Gasteiger partial charge on any atom is 0.0894 e. The second-order valence-electron chi connectivity index (χ2n) is 4.42. The average Bonchev–Trinajstić information content (AvgIpc) is 2.79. The third-order valence-electron chi connectivity index (χ3n) is 3.03. The Morgan fingerprint density at radius 1 is 1.55 bits per heavy atom. The molecule has 0 fully saturated rings. The Balaban J connectivity index is 2.38. The fraction of sp³-hybridized carbons (Fsp3) is 0.385. The second-order valence-corrected chi connectivity index (χ2v) is 4.83. The number of hydrogen-bond donors (Lipinski definition) is 2. The van der Waals surface area contributed by atoms with Gasteiger partial charge in [0.05, 0.1) is 36.1 Å². The lowest BCUT2D eigenvalue weighted by atomic mass is 10.0. The van der Waals surface area contributed by atoms with Crippen molar-refractivity contribution in [2.75, 3.05) is 13.7 Å². The molecule has 0 amide bonds. The molecule has 0 aromatic carbocycles. The van der Waals surface area contributed by atoms with E-state index in [0.29, 0.717) is 18.2 Å². The maximum atomic E-state index is 6.25. The SMILES string of the molecule is COCCn1ncc(Cl)c1C(NN)c1ccnc(C)c1. The molecule has 0 saturated carbocycles. The van der Waals surface area contributed by atoms with E-state index in [1.807, 2.05) is 19.1 Å². The van der Waals surface area contributed by atoms with Gasteiger partial charge in [0.15, 0.2) is 0 Å². The molecule has 0 spiro atoms. The number of pyridine rings is 1. The molecular weight excluding hydrogens is 278 g/mol. The molecule has 1 unspecified atom stereocenters. The van der Waals surface area contributed by atoms with Crippen molar-refractivity contribution >= 4 is 11.6 Å². The number of aromatic nitrogens is 3. The van der Waals surface area contributed by atoms with Crippen LogP contribution in [0.25, 0.3) is 0 Å². The number of hydrazine groups is 1. The van der Waals surface area contributed by atoms with Crippen LogP contribution in [0.4, 0.5) is 0 Å². The van der Waals surface area contributed by atoms with Gasteiger partial charge in [-0.05, 0) is 24.6 Å². The number of methoxy groups -OCH3 is 1. The second kappa shape index (κ2) is 6.81. The Bertz CT molecular complexity index is 572. The van der Waals surface area contributed by atoms with E-state index >= 15 is 0 Å². The van der Waals surface area contributed by atoms with Crippen molar-refractivity contribution in [3.63, 3.8) is 0 Å². The predicted octanol–water partition coefficient (Wildman–Crippen LogP) is 1.44. The van der Waals surface area contributed by atoms with Crippen molar-refractivity contribution in [1.29, 1.82) is 0 Å². The number of halogens is 1. The highest BCUT2D eigenvalue weighted by molar-refractivity contribution is 6.31. The van der Waals surface area contributed by atoms with Crippen LogP contribution < -0.4 is 11.3 Å². The number of rotatable bonds is 6. The van der Waals surface area contributed by atoms with Crippen LogP contribution in [0.5, 0.6) is 0 Å². The van der Waals surface area contributed by atoms with Gasteiger partial charge in [-0.15, -0.1) is 0 Å². The fourth-order valence-electron chi connectivity index (χ4n) is 2.09. The summed E-state index contributed by atoms with van der Waals surface area (Å²) in [6.45, 7) is 3.10. The van der Waals surface area contributed by atoms with E-state index in [2.05, 4.69) is 15.5 Å². The topological polar surface area (TPSA) is 78.0 Å². The summed E-state index contributed by atoms with van der Waals surface area (Å²) < 4.78 is 6.88. The highest BCUT2D eigenvalue weighted by Gasteiger charge is 2.21. The van der Waals surface area contributed by atoms with E-state index in [4.69, 9.17) is 22.2 Å². The van der Waals surface area contributed by atoms with Crippen LogP contribution in [-0.2, 0) is 11.3 Å². The molecule has 2 aromatic heterocycles. The van der Waals surface area contributed by atoms with E-state index in [1.165, 1.54) is 0 Å². The Morgan fingerprint density at radius 2 is 2.35 bits per heavy atom. The maximum absolute atomic E-state index is 6.25. The zero-order chi connectivity index (χ0) is 14.5. The summed E-state index contributed by atoms with van der Waals surface area (Å²) >= 11 is 6.25. The van der Waals surface area contributed by atoms with E-state index in [-0.39, 0.29) is 6.04 Å². The van der Waals surface area contributed by atoms with Crippen LogP contribution in [0.15, 0.2) is 24.5 Å². The summed E-state index contributed by atoms with van der Waals surface area (Å²) in [7, 11) is 1.65. The quantitative estimate of drug-likeness (QED) is 0.623. The molecule has 2 heterocycles. The van der Waals surface area contributed by atoms with Gasteiger partial charge < -0.3 is 4.74 Å². The van der Waals surface area contributed by atoms with Gasteiger partial charge in [-0.3, -0.25) is 15.5 Å². The van der Waals surface area contributed by atoms with Gasteiger partial charge in [-0.25, -0.2) is 5.43 Å². The van der Waals surface area contributed by atoms with Crippen molar-refractivity contribution in [1.82, 2.24) is 20.2 Å². The normalized spacial score (nSPS) is 12.6.